The minimum absolute atomic E-state index is 0.0874. The predicted octanol–water partition coefficient (Wildman–Crippen LogP) is 2.93. The fourth-order valence-corrected chi connectivity index (χ4v) is 4.12. The molecule has 2 aromatic heterocycles. The minimum Gasteiger partial charge on any atom is -0.472 e. The Balaban J connectivity index is 1.28. The Morgan fingerprint density at radius 3 is 2.72 bits per heavy atom. The molecule has 0 amide bonds. The molecule has 2 aliphatic heterocycles. The number of aromatic nitrogens is 1. The van der Waals surface area contributed by atoms with Crippen LogP contribution in [-0.4, -0.2) is 53.2 Å². The van der Waals surface area contributed by atoms with Crippen LogP contribution < -0.4 is 0 Å². The molecule has 25 heavy (non-hydrogen) atoms. The maximum Gasteiger partial charge on any atom is 0.0947 e. The van der Waals surface area contributed by atoms with Gasteiger partial charge in [0.2, 0.25) is 0 Å². The lowest BCUT2D eigenvalue weighted by molar-refractivity contribution is -0.0452. The first-order chi connectivity index (χ1) is 12.2. The SMILES string of the molecule is CN(Cc1ccncc1)[C@H]1COC2(CCN(Cc3ccoc3)CC2)C1. The summed E-state index contributed by atoms with van der Waals surface area (Å²) in [6, 6.07) is 6.75. The third-order valence-electron chi connectivity index (χ3n) is 5.75. The van der Waals surface area contributed by atoms with Crippen molar-refractivity contribution in [3.8, 4) is 0 Å². The Labute approximate surface area is 149 Å². The van der Waals surface area contributed by atoms with Crippen LogP contribution in [0.2, 0.25) is 0 Å². The van der Waals surface area contributed by atoms with Gasteiger partial charge in [-0.05, 0) is 50.1 Å². The number of furan rings is 1. The van der Waals surface area contributed by atoms with Crippen LogP contribution >= 0.6 is 0 Å². The molecule has 0 bridgehead atoms. The Hall–Kier alpha value is -1.69. The van der Waals surface area contributed by atoms with Crippen LogP contribution in [0.15, 0.2) is 47.5 Å². The predicted molar refractivity (Wildman–Crippen MR) is 96.0 cm³/mol. The molecule has 0 saturated carbocycles. The minimum atomic E-state index is 0.0874. The number of nitrogens with zero attached hydrogens (tertiary/aromatic N) is 3. The van der Waals surface area contributed by atoms with E-state index < -0.39 is 0 Å². The average Bonchev–Trinajstić information content (AvgIpc) is 3.29. The Bertz CT molecular complexity index is 651. The van der Waals surface area contributed by atoms with Gasteiger partial charge in [0.15, 0.2) is 0 Å². The number of pyridine rings is 1. The molecule has 0 N–H and O–H groups in total. The number of piperidine rings is 1. The van der Waals surface area contributed by atoms with Gasteiger partial charge in [0, 0.05) is 50.2 Å². The van der Waals surface area contributed by atoms with E-state index in [1.165, 1.54) is 11.1 Å². The second-order valence-electron chi connectivity index (χ2n) is 7.53. The van der Waals surface area contributed by atoms with Gasteiger partial charge in [0.1, 0.15) is 0 Å². The second-order valence-corrected chi connectivity index (χ2v) is 7.53. The van der Waals surface area contributed by atoms with E-state index >= 15 is 0 Å². The first-order valence-electron chi connectivity index (χ1n) is 9.19. The summed E-state index contributed by atoms with van der Waals surface area (Å²) in [5, 5.41) is 0. The second kappa shape index (κ2) is 7.28. The maximum atomic E-state index is 6.34. The third kappa shape index (κ3) is 3.94. The number of likely N-dealkylation sites (N-methyl/N-ethyl adjacent to an activating group) is 1. The quantitative estimate of drug-likeness (QED) is 0.836. The topological polar surface area (TPSA) is 41.7 Å². The molecule has 5 nitrogen and oxygen atoms in total. The molecule has 4 heterocycles. The summed E-state index contributed by atoms with van der Waals surface area (Å²) in [4.78, 5) is 9.04. The van der Waals surface area contributed by atoms with Gasteiger partial charge in [-0.15, -0.1) is 0 Å². The molecule has 2 aliphatic rings. The summed E-state index contributed by atoms with van der Waals surface area (Å²) >= 11 is 0. The molecule has 2 saturated heterocycles. The van der Waals surface area contributed by atoms with Gasteiger partial charge in [-0.25, -0.2) is 0 Å². The van der Waals surface area contributed by atoms with Crippen LogP contribution in [0.1, 0.15) is 30.4 Å². The van der Waals surface area contributed by atoms with E-state index in [4.69, 9.17) is 9.15 Å². The van der Waals surface area contributed by atoms with Crippen molar-refractivity contribution in [2.45, 2.75) is 44.0 Å². The largest absolute Gasteiger partial charge is 0.472 e. The number of likely N-dealkylation sites (tertiary alicyclic amines) is 1. The molecule has 0 aromatic carbocycles. The van der Waals surface area contributed by atoms with Gasteiger partial charge in [-0.1, -0.05) is 0 Å². The Morgan fingerprint density at radius 1 is 1.20 bits per heavy atom. The van der Waals surface area contributed by atoms with E-state index in [1.807, 2.05) is 18.7 Å². The van der Waals surface area contributed by atoms with Crippen molar-refractivity contribution in [3.05, 3.63) is 54.2 Å². The molecule has 4 rings (SSSR count). The molecule has 0 radical (unpaired) electrons. The smallest absolute Gasteiger partial charge is 0.0947 e. The summed E-state index contributed by atoms with van der Waals surface area (Å²) in [5.41, 5.74) is 2.66. The normalized spacial score (nSPS) is 23.5. The lowest BCUT2D eigenvalue weighted by Crippen LogP contribution is -2.44. The lowest BCUT2D eigenvalue weighted by atomic mass is 9.87. The van der Waals surface area contributed by atoms with Crippen molar-refractivity contribution in [2.24, 2.45) is 0 Å². The van der Waals surface area contributed by atoms with Crippen molar-refractivity contribution in [3.63, 3.8) is 0 Å². The van der Waals surface area contributed by atoms with E-state index in [0.29, 0.717) is 6.04 Å². The highest BCUT2D eigenvalue weighted by Crippen LogP contribution is 2.38. The van der Waals surface area contributed by atoms with Crippen molar-refractivity contribution in [1.82, 2.24) is 14.8 Å². The van der Waals surface area contributed by atoms with Gasteiger partial charge in [0.25, 0.3) is 0 Å². The Morgan fingerprint density at radius 2 is 2.00 bits per heavy atom. The molecule has 1 spiro atoms. The van der Waals surface area contributed by atoms with Gasteiger partial charge in [-0.3, -0.25) is 14.8 Å². The highest BCUT2D eigenvalue weighted by Gasteiger charge is 2.43. The highest BCUT2D eigenvalue weighted by molar-refractivity contribution is 5.10. The van der Waals surface area contributed by atoms with Crippen LogP contribution in [0.4, 0.5) is 0 Å². The monoisotopic (exact) mass is 341 g/mol. The first kappa shape index (κ1) is 16.8. The average molecular weight is 341 g/mol. The molecule has 134 valence electrons. The third-order valence-corrected chi connectivity index (χ3v) is 5.75. The van der Waals surface area contributed by atoms with Gasteiger partial charge in [-0.2, -0.15) is 0 Å². The number of ether oxygens (including phenoxy) is 1. The first-order valence-corrected chi connectivity index (χ1v) is 9.19. The fourth-order valence-electron chi connectivity index (χ4n) is 4.12. The zero-order chi connectivity index (χ0) is 17.1. The number of hydrogen-bond acceptors (Lipinski definition) is 5. The van der Waals surface area contributed by atoms with Crippen molar-refractivity contribution in [1.29, 1.82) is 0 Å². The van der Waals surface area contributed by atoms with Gasteiger partial charge < -0.3 is 9.15 Å². The Kier molecular flexibility index (Phi) is 4.88. The van der Waals surface area contributed by atoms with Crippen molar-refractivity contribution in [2.75, 3.05) is 26.7 Å². The van der Waals surface area contributed by atoms with Gasteiger partial charge >= 0.3 is 0 Å². The molecule has 2 aromatic rings. The molecular weight excluding hydrogens is 314 g/mol. The van der Waals surface area contributed by atoms with E-state index in [-0.39, 0.29) is 5.60 Å². The van der Waals surface area contributed by atoms with E-state index in [1.54, 1.807) is 6.26 Å². The van der Waals surface area contributed by atoms with Crippen LogP contribution in [0, 0.1) is 0 Å². The summed E-state index contributed by atoms with van der Waals surface area (Å²) in [5.74, 6) is 0. The molecule has 5 heteroatoms. The molecule has 0 unspecified atom stereocenters. The van der Waals surface area contributed by atoms with Crippen LogP contribution in [0.25, 0.3) is 0 Å². The zero-order valence-electron chi connectivity index (χ0n) is 14.9. The summed E-state index contributed by atoms with van der Waals surface area (Å²) in [6.07, 6.45) is 10.7. The van der Waals surface area contributed by atoms with Crippen LogP contribution in [0.5, 0.6) is 0 Å². The number of rotatable bonds is 5. The summed E-state index contributed by atoms with van der Waals surface area (Å²) in [6.45, 7) is 5.00. The standard InChI is InChI=1S/C20H27N3O2/c1-22(13-17-2-7-21-8-3-17)19-12-20(25-16-19)5-9-23(10-6-20)14-18-4-11-24-15-18/h2-4,7-8,11,15,19H,5-6,9-10,12-14,16H2,1H3/t19-/m1/s1. The number of hydrogen-bond donors (Lipinski definition) is 0. The highest BCUT2D eigenvalue weighted by atomic mass is 16.5. The molecule has 2 fully saturated rings. The zero-order valence-corrected chi connectivity index (χ0v) is 14.9. The maximum absolute atomic E-state index is 6.34. The molecular formula is C20H27N3O2. The van der Waals surface area contributed by atoms with Crippen molar-refractivity contribution < 1.29 is 9.15 Å². The van der Waals surface area contributed by atoms with Crippen LogP contribution in [-0.2, 0) is 17.8 Å². The van der Waals surface area contributed by atoms with Crippen molar-refractivity contribution >= 4 is 0 Å². The molecule has 0 aliphatic carbocycles. The van der Waals surface area contributed by atoms with E-state index in [9.17, 15) is 0 Å². The van der Waals surface area contributed by atoms with Gasteiger partial charge in [0.05, 0.1) is 24.7 Å². The van der Waals surface area contributed by atoms with E-state index in [2.05, 4.69) is 40.0 Å². The van der Waals surface area contributed by atoms with Crippen LogP contribution in [0.3, 0.4) is 0 Å². The molecule has 1 atom stereocenters. The summed E-state index contributed by atoms with van der Waals surface area (Å²) < 4.78 is 11.5. The fraction of sp³-hybridized carbons (Fsp3) is 0.550. The lowest BCUT2D eigenvalue weighted by Gasteiger charge is -2.38. The van der Waals surface area contributed by atoms with E-state index in [0.717, 1.165) is 52.0 Å². The summed E-state index contributed by atoms with van der Waals surface area (Å²) in [7, 11) is 2.21.